The highest BCUT2D eigenvalue weighted by molar-refractivity contribution is 8.03. The van der Waals surface area contributed by atoms with Gasteiger partial charge in [-0.3, -0.25) is 14.4 Å². The molecule has 0 fully saturated rings. The van der Waals surface area contributed by atoms with Crippen LogP contribution in [0.2, 0.25) is 0 Å². The van der Waals surface area contributed by atoms with E-state index in [1.807, 2.05) is 6.92 Å². The number of primary amides is 1. The second kappa shape index (κ2) is 11.9. The van der Waals surface area contributed by atoms with Crippen LogP contribution in [-0.4, -0.2) is 52.2 Å². The molecule has 1 aromatic carbocycles. The molecular weight excluding hydrogens is 430 g/mol. The monoisotopic (exact) mass is 459 g/mol. The Bertz CT molecular complexity index is 960. The number of anilines is 2. The largest absolute Gasteiger partial charge is 0.381 e. The van der Waals surface area contributed by atoms with E-state index in [0.717, 1.165) is 6.20 Å². The van der Waals surface area contributed by atoms with Crippen molar-refractivity contribution in [2.45, 2.75) is 39.3 Å². The van der Waals surface area contributed by atoms with Gasteiger partial charge in [-0.1, -0.05) is 6.07 Å². The first-order valence-electron chi connectivity index (χ1n) is 9.81. The first-order chi connectivity index (χ1) is 14.9. The Kier molecular flexibility index (Phi) is 9.97. The molecule has 9 nitrogen and oxygen atoms in total. The third-order valence-electron chi connectivity index (χ3n) is 4.17. The number of benzene rings is 1. The zero-order valence-corrected chi connectivity index (χ0v) is 19.6. The van der Waals surface area contributed by atoms with Crippen molar-refractivity contribution in [2.75, 3.05) is 23.4 Å². The zero-order valence-electron chi connectivity index (χ0n) is 18.8. The Balaban J connectivity index is 3.01. The van der Waals surface area contributed by atoms with Crippen molar-refractivity contribution < 1.29 is 19.5 Å². The van der Waals surface area contributed by atoms with Crippen LogP contribution in [0.25, 0.3) is 0 Å². The van der Waals surface area contributed by atoms with Crippen molar-refractivity contribution in [3.05, 3.63) is 47.0 Å². The van der Waals surface area contributed by atoms with E-state index in [0.29, 0.717) is 16.3 Å². The summed E-state index contributed by atoms with van der Waals surface area (Å²) >= 11 is 1.23. The highest BCUT2D eigenvalue weighted by Gasteiger charge is 2.23. The van der Waals surface area contributed by atoms with Crippen LogP contribution in [0.3, 0.4) is 0 Å². The van der Waals surface area contributed by atoms with E-state index in [2.05, 4.69) is 10.6 Å². The molecule has 0 aliphatic rings. The van der Waals surface area contributed by atoms with Crippen LogP contribution in [-0.2, 0) is 14.4 Å². The molecule has 10 heteroatoms. The molecule has 1 unspecified atom stereocenters. The third kappa shape index (κ3) is 8.09. The normalized spacial score (nSPS) is 13.0. The first kappa shape index (κ1) is 26.7. The minimum atomic E-state index is -1.51. The zero-order chi connectivity index (χ0) is 24.5. The van der Waals surface area contributed by atoms with Crippen molar-refractivity contribution in [1.82, 2.24) is 4.90 Å². The number of aliphatic hydroxyl groups is 1. The number of thioether (sulfide) groups is 1. The summed E-state index contributed by atoms with van der Waals surface area (Å²) in [5, 5.41) is 24.7. The molecule has 3 amide bonds. The highest BCUT2D eigenvalue weighted by atomic mass is 32.2. The van der Waals surface area contributed by atoms with E-state index in [1.54, 1.807) is 49.6 Å². The van der Waals surface area contributed by atoms with Gasteiger partial charge >= 0.3 is 0 Å². The lowest BCUT2D eigenvalue weighted by atomic mass is 10.1. The van der Waals surface area contributed by atoms with Gasteiger partial charge in [0.2, 0.25) is 0 Å². The maximum atomic E-state index is 12.9. The molecule has 0 aliphatic carbocycles. The lowest BCUT2D eigenvalue weighted by molar-refractivity contribution is -0.130. The molecule has 0 bridgehead atoms. The third-order valence-corrected chi connectivity index (χ3v) is 4.93. The SMILES string of the molecule is CCN(/C=C(\C#N)C(N)=O)C(=O)C(=CC(C)Nc1cccc(NC(=O)C(C)(C)O)c1)SC. The molecule has 172 valence electrons. The van der Waals surface area contributed by atoms with Gasteiger partial charge in [-0.25, -0.2) is 0 Å². The van der Waals surface area contributed by atoms with E-state index >= 15 is 0 Å². The average molecular weight is 460 g/mol. The van der Waals surface area contributed by atoms with Crippen LogP contribution in [0.5, 0.6) is 0 Å². The predicted octanol–water partition coefficient (Wildman–Crippen LogP) is 2.18. The molecule has 1 rings (SSSR count). The van der Waals surface area contributed by atoms with Gasteiger partial charge in [0, 0.05) is 30.2 Å². The summed E-state index contributed by atoms with van der Waals surface area (Å²) in [5.74, 6) is -1.80. The summed E-state index contributed by atoms with van der Waals surface area (Å²) < 4.78 is 0. The van der Waals surface area contributed by atoms with Crippen molar-refractivity contribution in [2.24, 2.45) is 5.73 Å². The molecule has 0 saturated carbocycles. The van der Waals surface area contributed by atoms with Gasteiger partial charge in [-0.2, -0.15) is 5.26 Å². The minimum Gasteiger partial charge on any atom is -0.381 e. The van der Waals surface area contributed by atoms with Gasteiger partial charge in [0.25, 0.3) is 17.7 Å². The second-order valence-corrected chi connectivity index (χ2v) is 8.22. The summed E-state index contributed by atoms with van der Waals surface area (Å²) in [6.45, 7) is 6.62. The number of nitrogens with zero attached hydrogens (tertiary/aromatic N) is 2. The molecular formula is C22H29N5O4S. The number of likely N-dealkylation sites (N-methyl/N-ethyl adjacent to an activating group) is 1. The topological polar surface area (TPSA) is 149 Å². The van der Waals surface area contributed by atoms with Crippen LogP contribution in [0.15, 0.2) is 47.0 Å². The maximum absolute atomic E-state index is 12.9. The number of amides is 3. The number of nitrogens with two attached hydrogens (primary N) is 1. The lowest BCUT2D eigenvalue weighted by Gasteiger charge is -2.20. The number of carbonyl (C=O) groups excluding carboxylic acids is 3. The van der Waals surface area contributed by atoms with Gasteiger partial charge in [0.05, 0.1) is 4.91 Å². The molecule has 1 aromatic rings. The number of nitrogens with one attached hydrogen (secondary N) is 2. The predicted molar refractivity (Wildman–Crippen MR) is 126 cm³/mol. The lowest BCUT2D eigenvalue weighted by Crippen LogP contribution is -2.36. The Hall–Kier alpha value is -3.29. The number of hydrogen-bond donors (Lipinski definition) is 4. The van der Waals surface area contributed by atoms with Crippen molar-refractivity contribution >= 4 is 40.9 Å². The van der Waals surface area contributed by atoms with Crippen molar-refractivity contribution in [1.29, 1.82) is 5.26 Å². The standard InChI is InChI=1S/C22H29N5O4S/c1-6-27(13-15(12-23)19(24)28)20(29)18(32-5)10-14(2)25-16-8-7-9-17(11-16)26-21(30)22(3,4)31/h7-11,13-14,25,31H,6H2,1-5H3,(H2,24,28)(H,26,30)/b15-13+,18-10?. The molecule has 0 radical (unpaired) electrons. The van der Waals surface area contributed by atoms with E-state index in [1.165, 1.54) is 30.5 Å². The molecule has 0 spiro atoms. The molecule has 0 aliphatic heterocycles. The van der Waals surface area contributed by atoms with E-state index in [4.69, 9.17) is 11.0 Å². The van der Waals surface area contributed by atoms with Gasteiger partial charge in [0.1, 0.15) is 17.2 Å². The summed E-state index contributed by atoms with van der Waals surface area (Å²) in [4.78, 5) is 37.8. The Morgan fingerprint density at radius 2 is 1.97 bits per heavy atom. The first-order valence-corrected chi connectivity index (χ1v) is 11.0. The quantitative estimate of drug-likeness (QED) is 0.309. The van der Waals surface area contributed by atoms with E-state index in [-0.39, 0.29) is 24.1 Å². The summed E-state index contributed by atoms with van der Waals surface area (Å²) in [6, 6.07) is 8.38. The number of carbonyl (C=O) groups is 3. The van der Waals surface area contributed by atoms with Crippen LogP contribution >= 0.6 is 11.8 Å². The van der Waals surface area contributed by atoms with Crippen LogP contribution in [0.1, 0.15) is 27.7 Å². The Labute approximate surface area is 192 Å². The van der Waals surface area contributed by atoms with Crippen molar-refractivity contribution in [3.63, 3.8) is 0 Å². The molecule has 32 heavy (non-hydrogen) atoms. The van der Waals surface area contributed by atoms with E-state index < -0.39 is 17.4 Å². The smallest absolute Gasteiger partial charge is 0.263 e. The van der Waals surface area contributed by atoms with Crippen LogP contribution in [0.4, 0.5) is 11.4 Å². The second-order valence-electron chi connectivity index (χ2n) is 7.37. The minimum absolute atomic E-state index is 0.250. The van der Waals surface area contributed by atoms with Gasteiger partial charge in [-0.05, 0) is 58.2 Å². The highest BCUT2D eigenvalue weighted by Crippen LogP contribution is 2.21. The van der Waals surface area contributed by atoms with Gasteiger partial charge < -0.3 is 26.4 Å². The summed E-state index contributed by atoms with van der Waals surface area (Å²) in [6.07, 6.45) is 4.63. The molecule has 0 saturated heterocycles. The van der Waals surface area contributed by atoms with Gasteiger partial charge in [-0.15, -0.1) is 11.8 Å². The Morgan fingerprint density at radius 3 is 2.47 bits per heavy atom. The van der Waals surface area contributed by atoms with Crippen LogP contribution < -0.4 is 16.4 Å². The number of nitriles is 1. The molecule has 1 atom stereocenters. The van der Waals surface area contributed by atoms with Crippen molar-refractivity contribution in [3.8, 4) is 6.07 Å². The molecule has 5 N–H and O–H groups in total. The fourth-order valence-electron chi connectivity index (χ4n) is 2.47. The number of rotatable bonds is 10. The van der Waals surface area contributed by atoms with E-state index in [9.17, 15) is 19.5 Å². The number of hydrogen-bond acceptors (Lipinski definition) is 7. The van der Waals surface area contributed by atoms with Gasteiger partial charge in [0.15, 0.2) is 0 Å². The fraction of sp³-hybridized carbons (Fsp3) is 0.364. The Morgan fingerprint density at radius 1 is 1.34 bits per heavy atom. The molecule has 0 aromatic heterocycles. The maximum Gasteiger partial charge on any atom is 0.263 e. The fourth-order valence-corrected chi connectivity index (χ4v) is 3.10. The summed E-state index contributed by atoms with van der Waals surface area (Å²) in [7, 11) is 0. The van der Waals surface area contributed by atoms with Crippen LogP contribution in [0, 0.1) is 11.3 Å². The molecule has 0 heterocycles. The summed E-state index contributed by atoms with van der Waals surface area (Å²) in [5.41, 5.74) is 4.55. The average Bonchev–Trinajstić information content (AvgIpc) is 2.71.